The summed E-state index contributed by atoms with van der Waals surface area (Å²) in [6, 6.07) is 0. The van der Waals surface area contributed by atoms with Crippen LogP contribution in [0.2, 0.25) is 0 Å². The number of nitrogens with zero attached hydrogens (tertiary/aromatic N) is 1. The number of piperidine rings is 1. The molecule has 1 unspecified atom stereocenters. The Balaban J connectivity index is 2.33. The van der Waals surface area contributed by atoms with E-state index in [2.05, 4.69) is 0 Å². The molecule has 1 amide bonds. The normalized spacial score (nSPS) is 18.7. The summed E-state index contributed by atoms with van der Waals surface area (Å²) < 4.78 is 0. The molecule has 0 spiro atoms. The molecule has 0 aromatic heterocycles. The van der Waals surface area contributed by atoms with Crippen LogP contribution < -0.4 is 5.73 Å². The Bertz CT molecular complexity index is 286. The van der Waals surface area contributed by atoms with Crippen molar-refractivity contribution in [3.63, 3.8) is 0 Å². The lowest BCUT2D eigenvalue weighted by atomic mass is 9.92. The van der Waals surface area contributed by atoms with Crippen LogP contribution in [-0.4, -0.2) is 41.5 Å². The summed E-state index contributed by atoms with van der Waals surface area (Å²) in [5, 5.41) is 8.73. The Kier molecular flexibility index (Phi) is 6.12. The number of hydrogen-bond acceptors (Lipinski definition) is 3. The summed E-state index contributed by atoms with van der Waals surface area (Å²) in [5.41, 5.74) is 5.44. The predicted molar refractivity (Wildman–Crippen MR) is 69.0 cm³/mol. The van der Waals surface area contributed by atoms with Crippen LogP contribution in [0.1, 0.15) is 39.0 Å². The van der Waals surface area contributed by atoms with Crippen LogP contribution in [0.5, 0.6) is 0 Å². The molecule has 0 bridgehead atoms. The number of carboxylic acids is 1. The molecule has 3 N–H and O–H groups in total. The molecule has 5 heteroatoms. The van der Waals surface area contributed by atoms with Gasteiger partial charge >= 0.3 is 5.97 Å². The van der Waals surface area contributed by atoms with Gasteiger partial charge in [-0.3, -0.25) is 9.59 Å². The minimum absolute atomic E-state index is 0.0320. The van der Waals surface area contributed by atoms with E-state index in [-0.39, 0.29) is 24.2 Å². The Morgan fingerprint density at radius 3 is 2.50 bits per heavy atom. The molecule has 0 aromatic carbocycles. The van der Waals surface area contributed by atoms with E-state index in [1.165, 1.54) is 0 Å². The van der Waals surface area contributed by atoms with Gasteiger partial charge in [-0.2, -0.15) is 0 Å². The molecule has 1 heterocycles. The average Bonchev–Trinajstić information content (AvgIpc) is 2.35. The number of likely N-dealkylation sites (tertiary alicyclic amines) is 1. The van der Waals surface area contributed by atoms with Crippen molar-refractivity contribution in [1.82, 2.24) is 4.90 Å². The van der Waals surface area contributed by atoms with E-state index < -0.39 is 5.97 Å². The van der Waals surface area contributed by atoms with E-state index in [9.17, 15) is 9.59 Å². The van der Waals surface area contributed by atoms with Crippen molar-refractivity contribution in [1.29, 1.82) is 0 Å². The molecule has 1 rings (SSSR count). The van der Waals surface area contributed by atoms with Crippen LogP contribution >= 0.6 is 0 Å². The highest BCUT2D eigenvalue weighted by Crippen LogP contribution is 2.22. The lowest BCUT2D eigenvalue weighted by Crippen LogP contribution is -2.41. The summed E-state index contributed by atoms with van der Waals surface area (Å²) in [4.78, 5) is 24.6. The molecular weight excluding hydrogens is 232 g/mol. The number of rotatable bonds is 6. The van der Waals surface area contributed by atoms with Gasteiger partial charge in [0.2, 0.25) is 5.91 Å². The van der Waals surface area contributed by atoms with Gasteiger partial charge in [0, 0.05) is 25.4 Å². The number of carbonyl (C=O) groups excluding carboxylic acids is 1. The van der Waals surface area contributed by atoms with Gasteiger partial charge in [-0.25, -0.2) is 0 Å². The van der Waals surface area contributed by atoms with Crippen molar-refractivity contribution in [2.75, 3.05) is 19.6 Å². The van der Waals surface area contributed by atoms with E-state index >= 15 is 0 Å². The smallest absolute Gasteiger partial charge is 0.303 e. The second kappa shape index (κ2) is 7.36. The minimum Gasteiger partial charge on any atom is -0.481 e. The molecule has 0 aliphatic carbocycles. The Labute approximate surface area is 108 Å². The van der Waals surface area contributed by atoms with Crippen molar-refractivity contribution in [2.24, 2.45) is 17.6 Å². The van der Waals surface area contributed by atoms with Gasteiger partial charge in [0.15, 0.2) is 0 Å². The first-order valence-corrected chi connectivity index (χ1v) is 6.75. The zero-order valence-corrected chi connectivity index (χ0v) is 11.1. The molecular formula is C13H24N2O3. The van der Waals surface area contributed by atoms with Gasteiger partial charge in [0.05, 0.1) is 0 Å². The lowest BCUT2D eigenvalue weighted by Gasteiger charge is -2.33. The Morgan fingerprint density at radius 1 is 1.39 bits per heavy atom. The number of carboxylic acid groups (broad SMARTS) is 1. The third-order valence-corrected chi connectivity index (χ3v) is 3.65. The molecule has 0 saturated carbocycles. The fourth-order valence-electron chi connectivity index (χ4n) is 2.46. The van der Waals surface area contributed by atoms with Gasteiger partial charge < -0.3 is 15.7 Å². The highest BCUT2D eigenvalue weighted by atomic mass is 16.4. The van der Waals surface area contributed by atoms with Crippen molar-refractivity contribution < 1.29 is 14.7 Å². The fourth-order valence-corrected chi connectivity index (χ4v) is 2.46. The maximum absolute atomic E-state index is 12.1. The van der Waals surface area contributed by atoms with E-state index in [1.807, 2.05) is 11.8 Å². The first kappa shape index (κ1) is 15.0. The minimum atomic E-state index is -0.740. The maximum Gasteiger partial charge on any atom is 0.303 e. The zero-order chi connectivity index (χ0) is 13.5. The summed E-state index contributed by atoms with van der Waals surface area (Å²) in [6.45, 7) is 3.97. The molecule has 1 aliphatic heterocycles. The quantitative estimate of drug-likeness (QED) is 0.744. The van der Waals surface area contributed by atoms with Crippen LogP contribution in [0.15, 0.2) is 0 Å². The zero-order valence-electron chi connectivity index (χ0n) is 11.1. The standard InChI is InChI=1S/C13H24N2O3/c1-10(3-2-6-14)13(18)15-7-4-11(5-8-15)9-12(16)17/h10-11H,2-9,14H2,1H3,(H,16,17). The molecule has 104 valence electrons. The predicted octanol–water partition coefficient (Wildman–Crippen LogP) is 1.07. The SMILES string of the molecule is CC(CCCN)C(=O)N1CCC(CC(=O)O)CC1. The van der Waals surface area contributed by atoms with Crippen LogP contribution in [0.25, 0.3) is 0 Å². The topological polar surface area (TPSA) is 83.6 Å². The first-order valence-electron chi connectivity index (χ1n) is 6.75. The number of carbonyl (C=O) groups is 2. The average molecular weight is 256 g/mol. The molecule has 5 nitrogen and oxygen atoms in total. The third-order valence-electron chi connectivity index (χ3n) is 3.65. The molecule has 1 saturated heterocycles. The lowest BCUT2D eigenvalue weighted by molar-refractivity contribution is -0.139. The summed E-state index contributed by atoms with van der Waals surface area (Å²) in [6.07, 6.45) is 3.56. The first-order chi connectivity index (χ1) is 8.54. The van der Waals surface area contributed by atoms with Gasteiger partial charge in [-0.05, 0) is 38.1 Å². The van der Waals surface area contributed by atoms with E-state index in [4.69, 9.17) is 10.8 Å². The van der Waals surface area contributed by atoms with Gasteiger partial charge in [0.1, 0.15) is 0 Å². The van der Waals surface area contributed by atoms with Crippen LogP contribution in [0.3, 0.4) is 0 Å². The van der Waals surface area contributed by atoms with Crippen LogP contribution in [0.4, 0.5) is 0 Å². The molecule has 1 atom stereocenters. The third kappa shape index (κ3) is 4.64. The van der Waals surface area contributed by atoms with E-state index in [1.54, 1.807) is 0 Å². The second-order valence-corrected chi connectivity index (χ2v) is 5.20. The summed E-state index contributed by atoms with van der Waals surface area (Å²) in [7, 11) is 0. The molecule has 0 radical (unpaired) electrons. The number of amides is 1. The molecule has 1 fully saturated rings. The highest BCUT2D eigenvalue weighted by Gasteiger charge is 2.26. The van der Waals surface area contributed by atoms with Crippen molar-refractivity contribution in [3.8, 4) is 0 Å². The largest absolute Gasteiger partial charge is 0.481 e. The van der Waals surface area contributed by atoms with E-state index in [0.29, 0.717) is 19.6 Å². The number of hydrogen-bond donors (Lipinski definition) is 2. The van der Waals surface area contributed by atoms with Crippen molar-refractivity contribution >= 4 is 11.9 Å². The summed E-state index contributed by atoms with van der Waals surface area (Å²) in [5.74, 6) is -0.288. The highest BCUT2D eigenvalue weighted by molar-refractivity contribution is 5.78. The second-order valence-electron chi connectivity index (χ2n) is 5.20. The van der Waals surface area contributed by atoms with Crippen molar-refractivity contribution in [3.05, 3.63) is 0 Å². The number of nitrogens with two attached hydrogens (primary N) is 1. The van der Waals surface area contributed by atoms with Crippen molar-refractivity contribution in [2.45, 2.75) is 39.0 Å². The Hall–Kier alpha value is -1.10. The van der Waals surface area contributed by atoms with E-state index in [0.717, 1.165) is 25.7 Å². The van der Waals surface area contributed by atoms with Gasteiger partial charge in [0.25, 0.3) is 0 Å². The van der Waals surface area contributed by atoms with Crippen LogP contribution in [-0.2, 0) is 9.59 Å². The van der Waals surface area contributed by atoms with Gasteiger partial charge in [-0.15, -0.1) is 0 Å². The van der Waals surface area contributed by atoms with Crippen LogP contribution in [0, 0.1) is 11.8 Å². The maximum atomic E-state index is 12.1. The monoisotopic (exact) mass is 256 g/mol. The summed E-state index contributed by atoms with van der Waals surface area (Å²) >= 11 is 0. The fraction of sp³-hybridized carbons (Fsp3) is 0.846. The van der Waals surface area contributed by atoms with Gasteiger partial charge in [-0.1, -0.05) is 6.92 Å². The number of aliphatic carboxylic acids is 1. The molecule has 0 aromatic rings. The Morgan fingerprint density at radius 2 is 2.00 bits per heavy atom. The molecule has 18 heavy (non-hydrogen) atoms. The molecule has 1 aliphatic rings.